The second-order valence-electron chi connectivity index (χ2n) is 4.16. The van der Waals surface area contributed by atoms with E-state index in [1.807, 2.05) is 24.3 Å². The molecule has 1 aromatic heterocycles. The molecule has 0 amide bonds. The third-order valence-electron chi connectivity index (χ3n) is 2.89. The lowest BCUT2D eigenvalue weighted by Gasteiger charge is -2.03. The van der Waals surface area contributed by atoms with Gasteiger partial charge in [0.25, 0.3) is 5.56 Å². The van der Waals surface area contributed by atoms with Crippen molar-refractivity contribution in [3.8, 4) is 0 Å². The number of benzene rings is 1. The van der Waals surface area contributed by atoms with Crippen LogP contribution in [0.25, 0.3) is 10.8 Å². The summed E-state index contributed by atoms with van der Waals surface area (Å²) in [6.45, 7) is 0.781. The predicted octanol–water partition coefficient (Wildman–Crippen LogP) is 1.81. The number of nitrogens with zero attached hydrogens (tertiary/aromatic N) is 2. The highest BCUT2D eigenvalue weighted by Crippen LogP contribution is 2.29. The van der Waals surface area contributed by atoms with Crippen molar-refractivity contribution < 1.29 is 0 Å². The van der Waals surface area contributed by atoms with Crippen molar-refractivity contribution in [2.45, 2.75) is 19.4 Å². The van der Waals surface area contributed by atoms with Crippen molar-refractivity contribution in [3.05, 3.63) is 40.8 Å². The molecular formula is C12H12N2O. The monoisotopic (exact) mass is 200 g/mol. The van der Waals surface area contributed by atoms with Crippen molar-refractivity contribution in [1.82, 2.24) is 9.78 Å². The van der Waals surface area contributed by atoms with Gasteiger partial charge in [-0.2, -0.15) is 5.10 Å². The molecule has 3 rings (SSSR count). The molecule has 3 nitrogen and oxygen atoms in total. The largest absolute Gasteiger partial charge is 0.274 e. The summed E-state index contributed by atoms with van der Waals surface area (Å²) in [5.41, 5.74) is 0.0417. The van der Waals surface area contributed by atoms with Gasteiger partial charge in [-0.25, -0.2) is 4.68 Å². The van der Waals surface area contributed by atoms with Crippen LogP contribution in [0.4, 0.5) is 0 Å². The fourth-order valence-electron chi connectivity index (χ4n) is 1.80. The molecule has 1 saturated carbocycles. The summed E-state index contributed by atoms with van der Waals surface area (Å²) in [7, 11) is 0. The zero-order valence-corrected chi connectivity index (χ0v) is 8.39. The second kappa shape index (κ2) is 3.19. The Hall–Kier alpha value is -1.64. The van der Waals surface area contributed by atoms with Crippen LogP contribution in [0.2, 0.25) is 0 Å². The Kier molecular flexibility index (Phi) is 1.84. The van der Waals surface area contributed by atoms with E-state index in [0.29, 0.717) is 5.92 Å². The summed E-state index contributed by atoms with van der Waals surface area (Å²) >= 11 is 0. The SMILES string of the molecule is O=c1c2ccccc2cnn1CC1CC1. The molecule has 0 spiro atoms. The van der Waals surface area contributed by atoms with E-state index < -0.39 is 0 Å². The lowest BCUT2D eigenvalue weighted by Crippen LogP contribution is -2.23. The van der Waals surface area contributed by atoms with Crippen LogP contribution in [0.1, 0.15) is 12.8 Å². The van der Waals surface area contributed by atoms with Gasteiger partial charge in [-0.1, -0.05) is 18.2 Å². The van der Waals surface area contributed by atoms with E-state index in [9.17, 15) is 4.79 Å². The smallest absolute Gasteiger partial charge is 0.267 e. The first-order chi connectivity index (χ1) is 7.34. The zero-order valence-electron chi connectivity index (χ0n) is 8.39. The zero-order chi connectivity index (χ0) is 10.3. The van der Waals surface area contributed by atoms with Crippen molar-refractivity contribution in [2.24, 2.45) is 5.92 Å². The highest BCUT2D eigenvalue weighted by molar-refractivity contribution is 5.80. The average Bonchev–Trinajstić information content (AvgIpc) is 3.07. The predicted molar refractivity (Wildman–Crippen MR) is 58.7 cm³/mol. The van der Waals surface area contributed by atoms with Crippen molar-refractivity contribution in [3.63, 3.8) is 0 Å². The topological polar surface area (TPSA) is 34.9 Å². The molecule has 0 atom stereocenters. The number of hydrogen-bond acceptors (Lipinski definition) is 2. The van der Waals surface area contributed by atoms with Gasteiger partial charge in [0, 0.05) is 11.9 Å². The Morgan fingerprint density at radius 3 is 2.93 bits per heavy atom. The van der Waals surface area contributed by atoms with Crippen LogP contribution < -0.4 is 5.56 Å². The van der Waals surface area contributed by atoms with Gasteiger partial charge in [-0.15, -0.1) is 0 Å². The normalized spacial score (nSPS) is 15.7. The molecule has 0 saturated heterocycles. The van der Waals surface area contributed by atoms with Gasteiger partial charge in [0.2, 0.25) is 0 Å². The summed E-state index contributed by atoms with van der Waals surface area (Å²) in [4.78, 5) is 12.0. The Labute approximate surface area is 87.3 Å². The van der Waals surface area contributed by atoms with Gasteiger partial charge in [-0.05, 0) is 24.8 Å². The van der Waals surface area contributed by atoms with E-state index in [1.165, 1.54) is 12.8 Å². The molecular weight excluding hydrogens is 188 g/mol. The highest BCUT2D eigenvalue weighted by Gasteiger charge is 2.22. The quantitative estimate of drug-likeness (QED) is 0.741. The first-order valence-electron chi connectivity index (χ1n) is 5.29. The third-order valence-corrected chi connectivity index (χ3v) is 2.89. The molecule has 1 heterocycles. The van der Waals surface area contributed by atoms with Gasteiger partial charge in [-0.3, -0.25) is 4.79 Å². The van der Waals surface area contributed by atoms with Crippen molar-refractivity contribution in [1.29, 1.82) is 0 Å². The molecule has 0 radical (unpaired) electrons. The Bertz CT molecular complexity index is 555. The molecule has 3 heteroatoms. The van der Waals surface area contributed by atoms with Gasteiger partial charge in [0.1, 0.15) is 0 Å². The van der Waals surface area contributed by atoms with E-state index >= 15 is 0 Å². The fraction of sp³-hybridized carbons (Fsp3) is 0.333. The van der Waals surface area contributed by atoms with Gasteiger partial charge in [0.05, 0.1) is 11.6 Å². The molecule has 0 aliphatic heterocycles. The third kappa shape index (κ3) is 1.54. The molecule has 76 valence electrons. The lowest BCUT2D eigenvalue weighted by atomic mass is 10.2. The molecule has 0 bridgehead atoms. The van der Waals surface area contributed by atoms with Gasteiger partial charge >= 0.3 is 0 Å². The van der Waals surface area contributed by atoms with Gasteiger partial charge in [0.15, 0.2) is 0 Å². The standard InChI is InChI=1S/C12H12N2O/c15-12-11-4-2-1-3-10(11)7-13-14(12)8-9-5-6-9/h1-4,7,9H,5-6,8H2. The van der Waals surface area contributed by atoms with Crippen LogP contribution in [0, 0.1) is 5.92 Å². The van der Waals surface area contributed by atoms with E-state index in [-0.39, 0.29) is 5.56 Å². The van der Waals surface area contributed by atoms with Gasteiger partial charge < -0.3 is 0 Å². The van der Waals surface area contributed by atoms with E-state index in [1.54, 1.807) is 10.9 Å². The molecule has 2 aromatic rings. The van der Waals surface area contributed by atoms with Crippen LogP contribution >= 0.6 is 0 Å². The summed E-state index contributed by atoms with van der Waals surface area (Å²) in [5.74, 6) is 0.677. The minimum absolute atomic E-state index is 0.0417. The first kappa shape index (κ1) is 8.65. The maximum Gasteiger partial charge on any atom is 0.274 e. The Balaban J connectivity index is 2.15. The summed E-state index contributed by atoms with van der Waals surface area (Å²) < 4.78 is 1.60. The number of rotatable bonds is 2. The van der Waals surface area contributed by atoms with Crippen LogP contribution in [-0.2, 0) is 6.54 Å². The molecule has 0 unspecified atom stereocenters. The minimum atomic E-state index is 0.0417. The van der Waals surface area contributed by atoms with Crippen molar-refractivity contribution >= 4 is 10.8 Å². The number of hydrogen-bond donors (Lipinski definition) is 0. The summed E-state index contributed by atoms with van der Waals surface area (Å²) in [6.07, 6.45) is 4.25. The summed E-state index contributed by atoms with van der Waals surface area (Å²) in [5, 5.41) is 5.89. The molecule has 0 N–H and O–H groups in total. The molecule has 1 fully saturated rings. The Morgan fingerprint density at radius 2 is 2.13 bits per heavy atom. The summed E-state index contributed by atoms with van der Waals surface area (Å²) in [6, 6.07) is 7.60. The molecule has 1 aromatic carbocycles. The fourth-order valence-corrected chi connectivity index (χ4v) is 1.80. The molecule has 1 aliphatic carbocycles. The van der Waals surface area contributed by atoms with E-state index in [2.05, 4.69) is 5.10 Å². The highest BCUT2D eigenvalue weighted by atomic mass is 16.1. The number of fused-ring (bicyclic) bond motifs is 1. The maximum atomic E-state index is 12.0. The van der Waals surface area contributed by atoms with Crippen LogP contribution in [0.15, 0.2) is 35.3 Å². The van der Waals surface area contributed by atoms with Crippen molar-refractivity contribution in [2.75, 3.05) is 0 Å². The lowest BCUT2D eigenvalue weighted by molar-refractivity contribution is 0.538. The molecule has 15 heavy (non-hydrogen) atoms. The Morgan fingerprint density at radius 1 is 1.33 bits per heavy atom. The second-order valence-corrected chi connectivity index (χ2v) is 4.16. The molecule has 1 aliphatic rings. The first-order valence-corrected chi connectivity index (χ1v) is 5.29. The van der Waals surface area contributed by atoms with Crippen LogP contribution in [0.3, 0.4) is 0 Å². The maximum absolute atomic E-state index is 12.0. The minimum Gasteiger partial charge on any atom is -0.267 e. The van der Waals surface area contributed by atoms with Crippen LogP contribution in [0.5, 0.6) is 0 Å². The van der Waals surface area contributed by atoms with E-state index in [4.69, 9.17) is 0 Å². The van der Waals surface area contributed by atoms with E-state index in [0.717, 1.165) is 17.3 Å². The average molecular weight is 200 g/mol. The number of aromatic nitrogens is 2. The van der Waals surface area contributed by atoms with Crippen LogP contribution in [-0.4, -0.2) is 9.78 Å².